The third-order valence-corrected chi connectivity index (χ3v) is 4.73. The van der Waals surface area contributed by atoms with Gasteiger partial charge >= 0.3 is 0 Å². The van der Waals surface area contributed by atoms with Crippen LogP contribution in [0.2, 0.25) is 0 Å². The van der Waals surface area contributed by atoms with Crippen molar-refractivity contribution in [2.24, 2.45) is 16.8 Å². The second-order valence-electron chi connectivity index (χ2n) is 7.33. The van der Waals surface area contributed by atoms with Gasteiger partial charge in [-0.1, -0.05) is 20.8 Å². The first-order valence-corrected chi connectivity index (χ1v) is 10.1. The molecule has 2 heterocycles. The molecule has 0 aliphatic carbocycles. The number of ether oxygens (including phenoxy) is 1. The van der Waals surface area contributed by atoms with Gasteiger partial charge in [-0.05, 0) is 31.6 Å². The van der Waals surface area contributed by atoms with Crippen molar-refractivity contribution in [2.45, 2.75) is 53.5 Å². The van der Waals surface area contributed by atoms with E-state index in [0.717, 1.165) is 70.6 Å². The van der Waals surface area contributed by atoms with Crippen LogP contribution in [0, 0.1) is 11.8 Å². The molecule has 7 nitrogen and oxygen atoms in total. The fourth-order valence-corrected chi connectivity index (χ4v) is 3.63. The van der Waals surface area contributed by atoms with E-state index >= 15 is 0 Å². The molecule has 2 rings (SSSR count). The van der Waals surface area contributed by atoms with Crippen molar-refractivity contribution in [2.75, 3.05) is 39.4 Å². The van der Waals surface area contributed by atoms with Crippen LogP contribution in [0.1, 0.15) is 46.4 Å². The summed E-state index contributed by atoms with van der Waals surface area (Å²) in [6.07, 6.45) is 4.97. The Morgan fingerprint density at radius 2 is 2.04 bits per heavy atom. The highest BCUT2D eigenvalue weighted by molar-refractivity contribution is 14.0. The first-order chi connectivity index (χ1) is 12.6. The maximum atomic E-state index is 5.43. The molecule has 0 aromatic carbocycles. The summed E-state index contributed by atoms with van der Waals surface area (Å²) in [6, 6.07) is 0. The first kappa shape index (κ1) is 24.1. The van der Waals surface area contributed by atoms with E-state index in [1.54, 1.807) is 0 Å². The third-order valence-electron chi connectivity index (χ3n) is 4.73. The zero-order valence-corrected chi connectivity index (χ0v) is 19.7. The van der Waals surface area contributed by atoms with Gasteiger partial charge in [-0.2, -0.15) is 0 Å². The largest absolute Gasteiger partial charge is 0.382 e. The summed E-state index contributed by atoms with van der Waals surface area (Å²) in [7, 11) is 0. The minimum atomic E-state index is 0. The standard InChI is InChI=1S/C19H36N6O.HI/c1-5-18-23-22-15-24(18)10-9-21-19(20-8-7-11-26-6-2)25-13-16(3)12-17(4)14-25;/h15-17H,5-14H2,1-4H3,(H,20,21);1H. The molecule has 2 unspecified atom stereocenters. The molecule has 0 saturated carbocycles. The van der Waals surface area contributed by atoms with E-state index in [9.17, 15) is 0 Å². The van der Waals surface area contributed by atoms with Gasteiger partial charge in [-0.25, -0.2) is 0 Å². The van der Waals surface area contributed by atoms with E-state index in [2.05, 4.69) is 45.8 Å². The molecule has 156 valence electrons. The molecule has 1 aromatic rings. The Kier molecular flexibility index (Phi) is 11.9. The smallest absolute Gasteiger partial charge is 0.194 e. The van der Waals surface area contributed by atoms with Crippen LogP contribution in [-0.2, 0) is 17.7 Å². The number of aromatic nitrogens is 3. The highest BCUT2D eigenvalue weighted by Gasteiger charge is 2.24. The number of nitrogens with one attached hydrogen (secondary N) is 1. The number of hydrogen-bond donors (Lipinski definition) is 1. The lowest BCUT2D eigenvalue weighted by atomic mass is 9.92. The summed E-state index contributed by atoms with van der Waals surface area (Å²) >= 11 is 0. The number of aliphatic imine (C=N–C) groups is 1. The second kappa shape index (κ2) is 13.3. The van der Waals surface area contributed by atoms with Crippen molar-refractivity contribution in [3.05, 3.63) is 12.2 Å². The topological polar surface area (TPSA) is 67.6 Å². The van der Waals surface area contributed by atoms with Crippen LogP contribution in [0.3, 0.4) is 0 Å². The summed E-state index contributed by atoms with van der Waals surface area (Å²) in [6.45, 7) is 15.0. The van der Waals surface area contributed by atoms with Crippen molar-refractivity contribution < 1.29 is 4.74 Å². The molecular weight excluding hydrogens is 455 g/mol. The van der Waals surface area contributed by atoms with Crippen LogP contribution < -0.4 is 5.32 Å². The highest BCUT2D eigenvalue weighted by atomic mass is 127. The molecule has 0 amide bonds. The van der Waals surface area contributed by atoms with Gasteiger partial charge in [0.15, 0.2) is 5.96 Å². The predicted molar refractivity (Wildman–Crippen MR) is 121 cm³/mol. The van der Waals surface area contributed by atoms with Crippen LogP contribution in [-0.4, -0.2) is 65.0 Å². The van der Waals surface area contributed by atoms with E-state index in [0.29, 0.717) is 11.8 Å². The van der Waals surface area contributed by atoms with Gasteiger partial charge in [-0.3, -0.25) is 4.99 Å². The lowest BCUT2D eigenvalue weighted by Gasteiger charge is -2.37. The Bertz CT molecular complexity index is 540. The Morgan fingerprint density at radius 3 is 2.70 bits per heavy atom. The molecule has 8 heteroatoms. The number of hydrogen-bond acceptors (Lipinski definition) is 4. The van der Waals surface area contributed by atoms with Crippen molar-refractivity contribution in [1.82, 2.24) is 25.0 Å². The predicted octanol–water partition coefficient (Wildman–Crippen LogP) is 2.81. The molecular formula is C19H37IN6O. The van der Waals surface area contributed by atoms with Crippen LogP contribution in [0.5, 0.6) is 0 Å². The minimum Gasteiger partial charge on any atom is -0.382 e. The van der Waals surface area contributed by atoms with E-state index in [1.165, 1.54) is 6.42 Å². The van der Waals surface area contributed by atoms with Crippen molar-refractivity contribution in [1.29, 1.82) is 0 Å². The Morgan fingerprint density at radius 1 is 1.30 bits per heavy atom. The summed E-state index contributed by atoms with van der Waals surface area (Å²) in [5.41, 5.74) is 0. The Labute approximate surface area is 181 Å². The Balaban J connectivity index is 0.00000364. The van der Waals surface area contributed by atoms with Crippen LogP contribution in [0.4, 0.5) is 0 Å². The lowest BCUT2D eigenvalue weighted by Crippen LogP contribution is -2.49. The molecule has 0 bridgehead atoms. The molecule has 0 spiro atoms. The van der Waals surface area contributed by atoms with Gasteiger partial charge in [-0.15, -0.1) is 34.2 Å². The second-order valence-corrected chi connectivity index (χ2v) is 7.33. The molecule has 1 saturated heterocycles. The normalized spacial score (nSPS) is 20.4. The number of piperidine rings is 1. The van der Waals surface area contributed by atoms with Gasteiger partial charge in [0.1, 0.15) is 12.2 Å². The average Bonchev–Trinajstić information content (AvgIpc) is 3.06. The Hall–Kier alpha value is -0.900. The number of guanidine groups is 1. The maximum Gasteiger partial charge on any atom is 0.194 e. The summed E-state index contributed by atoms with van der Waals surface area (Å²) in [4.78, 5) is 7.28. The van der Waals surface area contributed by atoms with E-state index in [4.69, 9.17) is 9.73 Å². The SMILES string of the molecule is CCOCCCN=C(NCCn1cnnc1CC)N1CC(C)CC(C)C1.I. The van der Waals surface area contributed by atoms with Crippen molar-refractivity contribution >= 4 is 29.9 Å². The zero-order valence-electron chi connectivity index (χ0n) is 17.4. The zero-order chi connectivity index (χ0) is 18.8. The van der Waals surface area contributed by atoms with Gasteiger partial charge in [0.2, 0.25) is 0 Å². The van der Waals surface area contributed by atoms with Crippen LogP contribution in [0.25, 0.3) is 0 Å². The number of halogens is 1. The maximum absolute atomic E-state index is 5.43. The van der Waals surface area contributed by atoms with Gasteiger partial charge in [0.25, 0.3) is 0 Å². The molecule has 27 heavy (non-hydrogen) atoms. The van der Waals surface area contributed by atoms with Crippen molar-refractivity contribution in [3.63, 3.8) is 0 Å². The first-order valence-electron chi connectivity index (χ1n) is 10.1. The number of aryl methyl sites for hydroxylation is 1. The molecule has 1 fully saturated rings. The minimum absolute atomic E-state index is 0. The van der Waals surface area contributed by atoms with E-state index in [1.807, 2.05) is 13.3 Å². The van der Waals surface area contributed by atoms with E-state index in [-0.39, 0.29) is 24.0 Å². The molecule has 1 aliphatic rings. The number of nitrogens with zero attached hydrogens (tertiary/aromatic N) is 5. The van der Waals surface area contributed by atoms with Crippen LogP contribution >= 0.6 is 24.0 Å². The summed E-state index contributed by atoms with van der Waals surface area (Å²) in [5.74, 6) is 3.48. The third kappa shape index (κ3) is 8.33. The highest BCUT2D eigenvalue weighted by Crippen LogP contribution is 2.20. The summed E-state index contributed by atoms with van der Waals surface area (Å²) in [5, 5.41) is 11.7. The molecule has 2 atom stereocenters. The molecule has 1 N–H and O–H groups in total. The fourth-order valence-electron chi connectivity index (χ4n) is 3.63. The quantitative estimate of drug-likeness (QED) is 0.249. The summed E-state index contributed by atoms with van der Waals surface area (Å²) < 4.78 is 7.54. The van der Waals surface area contributed by atoms with Gasteiger partial charge in [0, 0.05) is 52.4 Å². The monoisotopic (exact) mass is 492 g/mol. The van der Waals surface area contributed by atoms with Gasteiger partial charge in [0.05, 0.1) is 0 Å². The van der Waals surface area contributed by atoms with Crippen LogP contribution in [0.15, 0.2) is 11.3 Å². The average molecular weight is 492 g/mol. The molecule has 1 aromatic heterocycles. The van der Waals surface area contributed by atoms with Gasteiger partial charge < -0.3 is 19.5 Å². The lowest BCUT2D eigenvalue weighted by molar-refractivity contribution is 0.146. The fraction of sp³-hybridized carbons (Fsp3) is 0.842. The van der Waals surface area contributed by atoms with Crippen molar-refractivity contribution in [3.8, 4) is 0 Å². The number of rotatable bonds is 9. The van der Waals surface area contributed by atoms with E-state index < -0.39 is 0 Å². The number of likely N-dealkylation sites (tertiary alicyclic amines) is 1. The molecule has 0 radical (unpaired) electrons. The molecule has 1 aliphatic heterocycles.